The maximum absolute atomic E-state index is 6.13. The maximum atomic E-state index is 6.13. The Kier molecular flexibility index (Phi) is 4.72. The molecule has 0 bridgehead atoms. The van der Waals surface area contributed by atoms with Crippen molar-refractivity contribution in [2.24, 2.45) is 5.41 Å². The van der Waals surface area contributed by atoms with Gasteiger partial charge in [-0.2, -0.15) is 0 Å². The molecule has 2 nitrogen and oxygen atoms in total. The summed E-state index contributed by atoms with van der Waals surface area (Å²) in [6, 6.07) is 8.56. The van der Waals surface area contributed by atoms with Crippen molar-refractivity contribution in [2.75, 3.05) is 19.1 Å². The number of alkyl halides is 1. The minimum atomic E-state index is -0.687. The van der Waals surface area contributed by atoms with E-state index in [1.807, 2.05) is 0 Å². The SMILES string of the molecule is CC1(C)COC(CCCl)(c2ccc(C(C)(C)C)cc2)OC1. The van der Waals surface area contributed by atoms with Crippen LogP contribution in [0.25, 0.3) is 0 Å². The summed E-state index contributed by atoms with van der Waals surface area (Å²) >= 11 is 5.99. The second kappa shape index (κ2) is 5.91. The van der Waals surface area contributed by atoms with Crippen molar-refractivity contribution in [1.29, 1.82) is 0 Å². The molecule has 0 N–H and O–H groups in total. The monoisotopic (exact) mass is 310 g/mol. The van der Waals surface area contributed by atoms with Crippen LogP contribution in [0.4, 0.5) is 0 Å². The minimum Gasteiger partial charge on any atom is -0.345 e. The number of rotatable bonds is 3. The van der Waals surface area contributed by atoms with Gasteiger partial charge in [-0.05, 0) is 11.0 Å². The summed E-state index contributed by atoms with van der Waals surface area (Å²) < 4.78 is 12.3. The third-order valence-corrected chi connectivity index (χ3v) is 4.20. The van der Waals surface area contributed by atoms with Crippen molar-refractivity contribution in [3.05, 3.63) is 35.4 Å². The molecular formula is C18H27ClO2. The van der Waals surface area contributed by atoms with Crippen LogP contribution in [-0.4, -0.2) is 19.1 Å². The second-order valence-corrected chi connectivity index (χ2v) is 8.14. The van der Waals surface area contributed by atoms with Gasteiger partial charge in [0.05, 0.1) is 13.2 Å². The van der Waals surface area contributed by atoms with Crippen LogP contribution in [0, 0.1) is 5.41 Å². The van der Waals surface area contributed by atoms with E-state index in [1.54, 1.807) is 0 Å². The molecule has 0 atom stereocenters. The van der Waals surface area contributed by atoms with Crippen LogP contribution >= 0.6 is 11.6 Å². The summed E-state index contributed by atoms with van der Waals surface area (Å²) in [5.74, 6) is -0.171. The fourth-order valence-corrected chi connectivity index (χ4v) is 2.76. The lowest BCUT2D eigenvalue weighted by atomic mass is 9.85. The molecule has 1 fully saturated rings. The summed E-state index contributed by atoms with van der Waals surface area (Å²) in [5.41, 5.74) is 2.57. The number of benzene rings is 1. The highest BCUT2D eigenvalue weighted by Gasteiger charge is 2.41. The molecule has 1 saturated heterocycles. The number of hydrogen-bond acceptors (Lipinski definition) is 2. The Balaban J connectivity index is 2.27. The Labute approximate surface area is 133 Å². The third-order valence-electron chi connectivity index (χ3n) is 4.01. The van der Waals surface area contributed by atoms with Gasteiger partial charge in [0.2, 0.25) is 0 Å². The van der Waals surface area contributed by atoms with E-state index >= 15 is 0 Å². The smallest absolute Gasteiger partial charge is 0.195 e. The predicted molar refractivity (Wildman–Crippen MR) is 87.8 cm³/mol. The molecule has 2 rings (SSSR count). The minimum absolute atomic E-state index is 0.0567. The molecule has 0 unspecified atom stereocenters. The number of ether oxygens (including phenoxy) is 2. The Morgan fingerprint density at radius 3 is 2.00 bits per heavy atom. The van der Waals surface area contributed by atoms with Crippen LogP contribution in [0.15, 0.2) is 24.3 Å². The number of halogens is 1. The molecular weight excluding hydrogens is 284 g/mol. The zero-order valence-corrected chi connectivity index (χ0v) is 14.6. The molecule has 1 aliphatic rings. The lowest BCUT2D eigenvalue weighted by Gasteiger charge is -2.43. The normalized spacial score (nSPS) is 21.2. The van der Waals surface area contributed by atoms with Crippen LogP contribution in [-0.2, 0) is 20.7 Å². The molecule has 0 spiro atoms. The van der Waals surface area contributed by atoms with Crippen LogP contribution in [0.2, 0.25) is 0 Å². The highest BCUT2D eigenvalue weighted by atomic mass is 35.5. The van der Waals surface area contributed by atoms with Gasteiger partial charge in [0.15, 0.2) is 5.79 Å². The molecule has 3 heteroatoms. The topological polar surface area (TPSA) is 18.5 Å². The Morgan fingerprint density at radius 1 is 1.05 bits per heavy atom. The molecule has 21 heavy (non-hydrogen) atoms. The van der Waals surface area contributed by atoms with E-state index < -0.39 is 5.79 Å². The van der Waals surface area contributed by atoms with Gasteiger partial charge in [-0.25, -0.2) is 0 Å². The van der Waals surface area contributed by atoms with E-state index in [4.69, 9.17) is 21.1 Å². The molecule has 0 radical (unpaired) electrons. The zero-order valence-electron chi connectivity index (χ0n) is 13.8. The molecule has 0 aromatic heterocycles. The van der Waals surface area contributed by atoms with Gasteiger partial charge in [0.25, 0.3) is 0 Å². The Morgan fingerprint density at radius 2 is 1.57 bits per heavy atom. The van der Waals surface area contributed by atoms with Crippen molar-refractivity contribution in [3.63, 3.8) is 0 Å². The van der Waals surface area contributed by atoms with Crippen LogP contribution in [0.5, 0.6) is 0 Å². The van der Waals surface area contributed by atoms with E-state index in [2.05, 4.69) is 58.9 Å². The first-order valence-corrected chi connectivity index (χ1v) is 8.17. The highest BCUT2D eigenvalue weighted by Crippen LogP contribution is 2.39. The molecule has 0 aliphatic carbocycles. The zero-order chi connectivity index (χ0) is 15.7. The summed E-state index contributed by atoms with van der Waals surface area (Å²) in [7, 11) is 0. The van der Waals surface area contributed by atoms with Gasteiger partial charge in [-0.15, -0.1) is 11.6 Å². The van der Waals surface area contributed by atoms with Crippen LogP contribution in [0.1, 0.15) is 52.2 Å². The summed E-state index contributed by atoms with van der Waals surface area (Å²) in [5, 5.41) is 0. The van der Waals surface area contributed by atoms with Gasteiger partial charge >= 0.3 is 0 Å². The van der Waals surface area contributed by atoms with Crippen molar-refractivity contribution in [2.45, 2.75) is 52.2 Å². The highest BCUT2D eigenvalue weighted by molar-refractivity contribution is 6.17. The van der Waals surface area contributed by atoms with Crippen molar-refractivity contribution >= 4 is 11.6 Å². The molecule has 1 heterocycles. The van der Waals surface area contributed by atoms with Crippen molar-refractivity contribution in [1.82, 2.24) is 0 Å². The fourth-order valence-electron chi connectivity index (χ4n) is 2.51. The molecule has 1 aromatic rings. The van der Waals surface area contributed by atoms with E-state index in [9.17, 15) is 0 Å². The largest absolute Gasteiger partial charge is 0.345 e. The van der Waals surface area contributed by atoms with E-state index in [0.29, 0.717) is 25.5 Å². The van der Waals surface area contributed by atoms with Gasteiger partial charge in [0, 0.05) is 23.3 Å². The summed E-state index contributed by atoms with van der Waals surface area (Å²) in [4.78, 5) is 0. The fraction of sp³-hybridized carbons (Fsp3) is 0.667. The lowest BCUT2D eigenvalue weighted by Crippen LogP contribution is -2.45. The predicted octanol–water partition coefficient (Wildman–Crippen LogP) is 4.84. The second-order valence-electron chi connectivity index (χ2n) is 7.76. The molecule has 0 amide bonds. The van der Waals surface area contributed by atoms with Crippen molar-refractivity contribution < 1.29 is 9.47 Å². The summed E-state index contributed by atoms with van der Waals surface area (Å²) in [6.45, 7) is 12.3. The maximum Gasteiger partial charge on any atom is 0.195 e. The average Bonchev–Trinajstić information content (AvgIpc) is 2.41. The lowest BCUT2D eigenvalue weighted by molar-refractivity contribution is -0.308. The van der Waals surface area contributed by atoms with Gasteiger partial charge in [0.1, 0.15) is 0 Å². The third kappa shape index (κ3) is 3.80. The standard InChI is InChI=1S/C18H27ClO2/c1-16(2,3)14-6-8-15(9-7-14)18(10-11-19)20-12-17(4,5)13-21-18/h6-9H,10-13H2,1-5H3. The Hall–Kier alpha value is -0.570. The quantitative estimate of drug-likeness (QED) is 0.744. The van der Waals surface area contributed by atoms with E-state index in [1.165, 1.54) is 5.56 Å². The Bertz CT molecular complexity index is 461. The molecule has 1 aromatic carbocycles. The van der Waals surface area contributed by atoms with E-state index in [0.717, 1.165) is 5.56 Å². The molecule has 1 aliphatic heterocycles. The first-order chi connectivity index (χ1) is 9.69. The molecule has 118 valence electrons. The van der Waals surface area contributed by atoms with Gasteiger partial charge in [-0.3, -0.25) is 0 Å². The van der Waals surface area contributed by atoms with Crippen molar-refractivity contribution in [3.8, 4) is 0 Å². The average molecular weight is 311 g/mol. The first kappa shape index (κ1) is 16.8. The van der Waals surface area contributed by atoms with E-state index in [-0.39, 0.29) is 10.8 Å². The molecule has 0 saturated carbocycles. The van der Waals surface area contributed by atoms with Gasteiger partial charge in [-0.1, -0.05) is 58.9 Å². The first-order valence-electron chi connectivity index (χ1n) is 7.63. The van der Waals surface area contributed by atoms with Crippen LogP contribution in [0.3, 0.4) is 0 Å². The van der Waals surface area contributed by atoms with Crippen LogP contribution < -0.4 is 0 Å². The summed E-state index contributed by atoms with van der Waals surface area (Å²) in [6.07, 6.45) is 0.666. The number of hydrogen-bond donors (Lipinski definition) is 0. The van der Waals surface area contributed by atoms with Gasteiger partial charge < -0.3 is 9.47 Å².